The average molecular weight is 245 g/mol. The van der Waals surface area contributed by atoms with Crippen LogP contribution in [0.4, 0.5) is 4.79 Å². The van der Waals surface area contributed by atoms with Gasteiger partial charge in [-0.25, -0.2) is 9.59 Å². The van der Waals surface area contributed by atoms with Crippen LogP contribution in [0.15, 0.2) is 0 Å². The molecule has 2 unspecified atom stereocenters. The predicted octanol–water partition coefficient (Wildman–Crippen LogP) is -1.22. The summed E-state index contributed by atoms with van der Waals surface area (Å²) in [5, 5.41) is 21.3. The molecule has 0 bridgehead atoms. The first kappa shape index (κ1) is 13.7. The summed E-state index contributed by atoms with van der Waals surface area (Å²) in [7, 11) is 3.39. The molecule has 1 rings (SSSR count). The van der Waals surface area contributed by atoms with Crippen LogP contribution >= 0.6 is 0 Å². The quantitative estimate of drug-likeness (QED) is 0.577. The molecule has 1 heterocycles. The predicted molar refractivity (Wildman–Crippen MR) is 60.7 cm³/mol. The second kappa shape index (κ2) is 5.83. The molecule has 2 atom stereocenters. The largest absolute Gasteiger partial charge is 0.480 e. The number of likely N-dealkylation sites (tertiary alicyclic amines) is 1. The van der Waals surface area contributed by atoms with Gasteiger partial charge in [0.15, 0.2) is 0 Å². The van der Waals surface area contributed by atoms with Crippen LogP contribution in [0.5, 0.6) is 0 Å². The molecule has 1 aliphatic rings. The number of rotatable bonds is 4. The van der Waals surface area contributed by atoms with E-state index in [2.05, 4.69) is 5.32 Å². The van der Waals surface area contributed by atoms with E-state index in [1.165, 1.54) is 9.80 Å². The number of carbonyl (C=O) groups excluding carboxylic acids is 1. The highest BCUT2D eigenvalue weighted by Gasteiger charge is 2.39. The molecule has 98 valence electrons. The monoisotopic (exact) mass is 245 g/mol. The van der Waals surface area contributed by atoms with Crippen molar-refractivity contribution in [3.63, 3.8) is 0 Å². The van der Waals surface area contributed by atoms with Gasteiger partial charge in [-0.3, -0.25) is 0 Å². The molecule has 17 heavy (non-hydrogen) atoms. The van der Waals surface area contributed by atoms with Gasteiger partial charge in [-0.1, -0.05) is 0 Å². The summed E-state index contributed by atoms with van der Waals surface area (Å²) in [5.41, 5.74) is 0. The Kier molecular flexibility index (Phi) is 4.71. The Balaban J connectivity index is 2.63. The van der Waals surface area contributed by atoms with Crippen LogP contribution in [0.25, 0.3) is 0 Å². The van der Waals surface area contributed by atoms with Gasteiger partial charge < -0.3 is 25.3 Å². The van der Waals surface area contributed by atoms with Crippen molar-refractivity contribution < 1.29 is 19.8 Å². The molecule has 7 heteroatoms. The second-order valence-electron chi connectivity index (χ2n) is 4.20. The first-order valence-corrected chi connectivity index (χ1v) is 5.54. The molecule has 1 fully saturated rings. The summed E-state index contributed by atoms with van der Waals surface area (Å²) < 4.78 is 0. The molecule has 2 amide bonds. The Morgan fingerprint density at radius 1 is 1.53 bits per heavy atom. The van der Waals surface area contributed by atoms with E-state index >= 15 is 0 Å². The Hall–Kier alpha value is -1.34. The van der Waals surface area contributed by atoms with Crippen LogP contribution in [0.2, 0.25) is 0 Å². The maximum Gasteiger partial charge on any atom is 0.326 e. The fourth-order valence-electron chi connectivity index (χ4n) is 1.85. The third-order valence-corrected chi connectivity index (χ3v) is 2.83. The van der Waals surface area contributed by atoms with E-state index in [0.29, 0.717) is 13.1 Å². The zero-order valence-corrected chi connectivity index (χ0v) is 10.1. The van der Waals surface area contributed by atoms with Crippen molar-refractivity contribution in [1.82, 2.24) is 15.1 Å². The van der Waals surface area contributed by atoms with E-state index in [9.17, 15) is 14.7 Å². The van der Waals surface area contributed by atoms with Crippen LogP contribution in [-0.2, 0) is 4.79 Å². The molecule has 0 spiro atoms. The summed E-state index contributed by atoms with van der Waals surface area (Å²) in [5.74, 6) is -1.07. The number of hydrogen-bond acceptors (Lipinski definition) is 4. The van der Waals surface area contributed by atoms with E-state index in [1.807, 2.05) is 0 Å². The average Bonchev–Trinajstić information content (AvgIpc) is 2.67. The molecule has 7 nitrogen and oxygen atoms in total. The second-order valence-corrected chi connectivity index (χ2v) is 4.20. The van der Waals surface area contributed by atoms with Gasteiger partial charge in [-0.05, 0) is 7.05 Å². The molecule has 0 aromatic rings. The van der Waals surface area contributed by atoms with Gasteiger partial charge in [0.1, 0.15) is 6.04 Å². The zero-order chi connectivity index (χ0) is 13.0. The van der Waals surface area contributed by atoms with Crippen molar-refractivity contribution >= 4 is 12.0 Å². The summed E-state index contributed by atoms with van der Waals surface area (Å²) in [6.07, 6.45) is -0.654. The lowest BCUT2D eigenvalue weighted by Crippen LogP contribution is -2.48. The molecule has 0 aliphatic carbocycles. The number of carbonyl (C=O) groups is 2. The number of hydrogen-bond donors (Lipinski definition) is 3. The number of urea groups is 1. The van der Waals surface area contributed by atoms with Crippen molar-refractivity contribution in [2.45, 2.75) is 18.6 Å². The number of likely N-dealkylation sites (N-methyl/N-ethyl adjacent to an activating group) is 2. The van der Waals surface area contributed by atoms with E-state index in [-0.39, 0.29) is 19.0 Å². The highest BCUT2D eigenvalue weighted by molar-refractivity contribution is 5.83. The lowest BCUT2D eigenvalue weighted by molar-refractivity contribution is -0.141. The molecular weight excluding hydrogens is 226 g/mol. The fraction of sp³-hybridized carbons (Fsp3) is 0.800. The van der Waals surface area contributed by atoms with Gasteiger partial charge in [-0.15, -0.1) is 0 Å². The highest BCUT2D eigenvalue weighted by atomic mass is 16.4. The Bertz CT molecular complexity index is 297. The van der Waals surface area contributed by atoms with Crippen molar-refractivity contribution in [3.8, 4) is 0 Å². The van der Waals surface area contributed by atoms with Gasteiger partial charge >= 0.3 is 12.0 Å². The number of carboxylic acids is 1. The molecule has 1 aliphatic heterocycles. The van der Waals surface area contributed by atoms with E-state index < -0.39 is 18.1 Å². The highest BCUT2D eigenvalue weighted by Crippen LogP contribution is 2.19. The van der Waals surface area contributed by atoms with Crippen LogP contribution in [-0.4, -0.2) is 77.9 Å². The molecular formula is C10H19N3O4. The normalized spacial score (nSPS) is 23.8. The minimum atomic E-state index is -1.07. The molecule has 0 radical (unpaired) electrons. The van der Waals surface area contributed by atoms with E-state index in [4.69, 9.17) is 5.11 Å². The summed E-state index contributed by atoms with van der Waals surface area (Å²) in [4.78, 5) is 25.6. The van der Waals surface area contributed by atoms with Crippen molar-refractivity contribution in [2.24, 2.45) is 0 Å². The number of carboxylic acid groups (broad SMARTS) is 1. The minimum Gasteiger partial charge on any atom is -0.480 e. The number of aliphatic carboxylic acids is 1. The number of amides is 2. The van der Waals surface area contributed by atoms with Crippen LogP contribution < -0.4 is 5.32 Å². The fourth-order valence-corrected chi connectivity index (χ4v) is 1.85. The Labute approximate surface area is 100.0 Å². The number of aliphatic hydroxyl groups excluding tert-OH is 1. The first-order valence-electron chi connectivity index (χ1n) is 5.54. The third-order valence-electron chi connectivity index (χ3n) is 2.83. The molecule has 0 saturated carbocycles. The van der Waals surface area contributed by atoms with Gasteiger partial charge in [0.2, 0.25) is 0 Å². The lowest BCUT2D eigenvalue weighted by atomic mass is 10.2. The Morgan fingerprint density at radius 3 is 2.71 bits per heavy atom. The molecule has 1 saturated heterocycles. The zero-order valence-electron chi connectivity index (χ0n) is 10.1. The maximum atomic E-state index is 12.0. The van der Waals surface area contributed by atoms with Crippen molar-refractivity contribution in [3.05, 3.63) is 0 Å². The van der Waals surface area contributed by atoms with Crippen LogP contribution in [0.1, 0.15) is 6.42 Å². The number of nitrogens with one attached hydrogen (secondary N) is 1. The van der Waals surface area contributed by atoms with Gasteiger partial charge in [0, 0.05) is 33.1 Å². The number of β-amino-alcohol motifs (C(OH)–C–C–N with tert-alkyl or cyclic N) is 1. The number of aliphatic hydroxyl groups is 1. The van der Waals surface area contributed by atoms with Crippen LogP contribution in [0, 0.1) is 0 Å². The first-order chi connectivity index (χ1) is 7.97. The lowest BCUT2D eigenvalue weighted by Gasteiger charge is -2.27. The molecule has 0 aromatic heterocycles. The topological polar surface area (TPSA) is 93.1 Å². The van der Waals surface area contributed by atoms with Crippen molar-refractivity contribution in [1.29, 1.82) is 0 Å². The SMILES string of the molecule is CNCCN(C)C(=O)N1CC(O)CC1C(=O)O. The Morgan fingerprint density at radius 2 is 2.18 bits per heavy atom. The van der Waals surface area contributed by atoms with Gasteiger partial charge in [0.05, 0.1) is 6.10 Å². The summed E-state index contributed by atoms with van der Waals surface area (Å²) in [6, 6.07) is -1.28. The van der Waals surface area contributed by atoms with Gasteiger partial charge in [0.25, 0.3) is 0 Å². The molecule has 3 N–H and O–H groups in total. The molecule has 0 aromatic carbocycles. The smallest absolute Gasteiger partial charge is 0.326 e. The van der Waals surface area contributed by atoms with Gasteiger partial charge in [-0.2, -0.15) is 0 Å². The van der Waals surface area contributed by atoms with E-state index in [0.717, 1.165) is 0 Å². The maximum absolute atomic E-state index is 12.0. The minimum absolute atomic E-state index is 0.0830. The summed E-state index contributed by atoms with van der Waals surface area (Å²) >= 11 is 0. The standard InChI is InChI=1S/C10H19N3O4/c1-11-3-4-12(2)10(17)13-6-7(14)5-8(13)9(15)16/h7-8,11,14H,3-6H2,1-2H3,(H,15,16). The van der Waals surface area contributed by atoms with Crippen LogP contribution in [0.3, 0.4) is 0 Å². The number of nitrogens with zero attached hydrogens (tertiary/aromatic N) is 2. The van der Waals surface area contributed by atoms with Crippen molar-refractivity contribution in [2.75, 3.05) is 33.7 Å². The van der Waals surface area contributed by atoms with E-state index in [1.54, 1.807) is 14.1 Å². The third kappa shape index (κ3) is 3.31. The summed E-state index contributed by atoms with van der Waals surface area (Å²) in [6.45, 7) is 1.21.